The molecule has 1 aromatic carbocycles. The number of nitrogens with zero attached hydrogens (tertiary/aromatic N) is 5. The molecule has 28 heavy (non-hydrogen) atoms. The topological polar surface area (TPSA) is 110 Å². The number of sulfonamides is 1. The minimum atomic E-state index is -3.94. The number of nitro groups is 1. The highest BCUT2D eigenvalue weighted by molar-refractivity contribution is 7.89. The second-order valence-electron chi connectivity index (χ2n) is 7.00. The van der Waals surface area contributed by atoms with Crippen molar-refractivity contribution in [1.29, 1.82) is 0 Å². The molecule has 0 saturated carbocycles. The number of benzene rings is 1. The molecule has 0 spiro atoms. The molecular formula is C18H23N5O4S. The lowest BCUT2D eigenvalue weighted by Crippen LogP contribution is -2.49. The molecule has 1 aliphatic heterocycles. The predicted molar refractivity (Wildman–Crippen MR) is 105 cm³/mol. The molecule has 0 unspecified atom stereocenters. The van der Waals surface area contributed by atoms with Gasteiger partial charge in [0.2, 0.25) is 10.0 Å². The fraction of sp³-hybridized carbons (Fsp3) is 0.444. The number of para-hydroxylation sites is 1. The molecule has 0 amide bonds. The van der Waals surface area contributed by atoms with Gasteiger partial charge in [-0.3, -0.25) is 10.1 Å². The van der Waals surface area contributed by atoms with Gasteiger partial charge in [-0.15, -0.1) is 0 Å². The van der Waals surface area contributed by atoms with Crippen molar-refractivity contribution in [2.75, 3.05) is 31.1 Å². The number of rotatable bonds is 5. The maximum Gasteiger partial charge on any atom is 0.289 e. The van der Waals surface area contributed by atoms with E-state index in [4.69, 9.17) is 0 Å². The Morgan fingerprint density at radius 2 is 1.75 bits per heavy atom. The second kappa shape index (κ2) is 7.80. The largest absolute Gasteiger partial charge is 0.354 e. The Kier molecular flexibility index (Phi) is 5.61. The molecule has 0 radical (unpaired) electrons. The van der Waals surface area contributed by atoms with Gasteiger partial charge in [-0.2, -0.15) is 4.31 Å². The van der Waals surface area contributed by atoms with E-state index >= 15 is 0 Å². The lowest BCUT2D eigenvalue weighted by molar-refractivity contribution is -0.387. The molecule has 150 valence electrons. The first-order valence-electron chi connectivity index (χ1n) is 9.04. The second-order valence-corrected chi connectivity index (χ2v) is 8.90. The zero-order valence-electron chi connectivity index (χ0n) is 16.1. The number of aromatic nitrogens is 2. The Morgan fingerprint density at radius 1 is 1.11 bits per heavy atom. The third kappa shape index (κ3) is 3.97. The van der Waals surface area contributed by atoms with Crippen LogP contribution in [0.4, 0.5) is 11.5 Å². The van der Waals surface area contributed by atoms with Gasteiger partial charge < -0.3 is 4.90 Å². The highest BCUT2D eigenvalue weighted by atomic mass is 32.2. The summed E-state index contributed by atoms with van der Waals surface area (Å²) in [6.45, 7) is 7.32. The van der Waals surface area contributed by atoms with Gasteiger partial charge in [-0.1, -0.05) is 26.0 Å². The summed E-state index contributed by atoms with van der Waals surface area (Å²) < 4.78 is 27.2. The summed E-state index contributed by atoms with van der Waals surface area (Å²) in [4.78, 5) is 21.3. The molecule has 0 bridgehead atoms. The third-order valence-corrected chi connectivity index (χ3v) is 6.56. The van der Waals surface area contributed by atoms with Crippen LogP contribution in [0.15, 0.2) is 35.2 Å². The number of hydrogen-bond acceptors (Lipinski definition) is 7. The normalized spacial score (nSPS) is 15.8. The van der Waals surface area contributed by atoms with Gasteiger partial charge in [0.25, 0.3) is 5.69 Å². The minimum absolute atomic E-state index is 0.193. The van der Waals surface area contributed by atoms with Crippen molar-refractivity contribution in [2.45, 2.75) is 31.6 Å². The third-order valence-electron chi connectivity index (χ3n) is 4.62. The number of hydrogen-bond donors (Lipinski definition) is 0. The lowest BCUT2D eigenvalue weighted by Gasteiger charge is -2.34. The molecule has 9 nitrogen and oxygen atoms in total. The van der Waals surface area contributed by atoms with Crippen LogP contribution in [0.1, 0.15) is 31.3 Å². The molecule has 1 saturated heterocycles. The van der Waals surface area contributed by atoms with Crippen molar-refractivity contribution in [3.8, 4) is 0 Å². The molecule has 1 aromatic heterocycles. The van der Waals surface area contributed by atoms with Crippen molar-refractivity contribution in [2.24, 2.45) is 0 Å². The molecule has 2 aromatic rings. The van der Waals surface area contributed by atoms with Gasteiger partial charge in [-0.25, -0.2) is 18.4 Å². The number of anilines is 1. The average molecular weight is 405 g/mol. The van der Waals surface area contributed by atoms with Crippen LogP contribution >= 0.6 is 0 Å². The molecule has 1 fully saturated rings. The summed E-state index contributed by atoms with van der Waals surface area (Å²) in [5.41, 5.74) is 0.460. The van der Waals surface area contributed by atoms with Crippen LogP contribution in [-0.4, -0.2) is 53.8 Å². The first-order chi connectivity index (χ1) is 13.2. The molecule has 10 heteroatoms. The first-order valence-corrected chi connectivity index (χ1v) is 10.5. The number of piperazine rings is 1. The van der Waals surface area contributed by atoms with Gasteiger partial charge in [0.15, 0.2) is 4.90 Å². The van der Waals surface area contributed by atoms with Gasteiger partial charge in [-0.05, 0) is 13.0 Å². The van der Waals surface area contributed by atoms with Crippen LogP contribution in [0.3, 0.4) is 0 Å². The smallest absolute Gasteiger partial charge is 0.289 e. The van der Waals surface area contributed by atoms with Crippen LogP contribution in [0.2, 0.25) is 0 Å². The van der Waals surface area contributed by atoms with Crippen LogP contribution in [0, 0.1) is 17.0 Å². The zero-order chi connectivity index (χ0) is 20.5. The standard InChI is InChI=1S/C18H23N5O4S/c1-13(2)18-19-14(3)12-17(20-18)21-8-10-22(11-9-21)28(26,27)16-7-5-4-6-15(16)23(24)25/h4-7,12-13H,8-11H2,1-3H3. The van der Waals surface area contributed by atoms with Crippen LogP contribution in [-0.2, 0) is 10.0 Å². The van der Waals surface area contributed by atoms with E-state index in [2.05, 4.69) is 9.97 Å². The molecule has 0 N–H and O–H groups in total. The summed E-state index contributed by atoms with van der Waals surface area (Å²) in [5.74, 6) is 1.72. The fourth-order valence-electron chi connectivity index (χ4n) is 3.12. The summed E-state index contributed by atoms with van der Waals surface area (Å²) in [6.07, 6.45) is 0. The Hall–Kier alpha value is -2.59. The number of nitro benzene ring substituents is 1. The Bertz CT molecular complexity index is 985. The molecular weight excluding hydrogens is 382 g/mol. The highest BCUT2D eigenvalue weighted by Crippen LogP contribution is 2.27. The first kappa shape index (κ1) is 20.2. The van der Waals surface area contributed by atoms with Gasteiger partial charge >= 0.3 is 0 Å². The van der Waals surface area contributed by atoms with E-state index in [0.717, 1.165) is 17.3 Å². The Balaban J connectivity index is 1.80. The molecule has 3 rings (SSSR count). The quantitative estimate of drug-likeness (QED) is 0.554. The van der Waals surface area contributed by atoms with Gasteiger partial charge in [0.05, 0.1) is 4.92 Å². The average Bonchev–Trinajstić information content (AvgIpc) is 2.67. The maximum atomic E-state index is 12.9. The molecule has 2 heterocycles. The monoisotopic (exact) mass is 405 g/mol. The van der Waals surface area contributed by atoms with Gasteiger partial charge in [0, 0.05) is 49.9 Å². The van der Waals surface area contributed by atoms with Crippen LogP contribution in [0.25, 0.3) is 0 Å². The van der Waals surface area contributed by atoms with E-state index in [9.17, 15) is 18.5 Å². The molecule has 1 aliphatic rings. The van der Waals surface area contributed by atoms with E-state index in [1.807, 2.05) is 31.7 Å². The van der Waals surface area contributed by atoms with E-state index in [0.29, 0.717) is 13.1 Å². The highest BCUT2D eigenvalue weighted by Gasteiger charge is 2.33. The summed E-state index contributed by atoms with van der Waals surface area (Å²) in [7, 11) is -3.94. The summed E-state index contributed by atoms with van der Waals surface area (Å²) in [5, 5.41) is 11.2. The van der Waals surface area contributed by atoms with Crippen molar-refractivity contribution in [3.63, 3.8) is 0 Å². The van der Waals surface area contributed by atoms with Crippen molar-refractivity contribution in [1.82, 2.24) is 14.3 Å². The predicted octanol–water partition coefficient (Wildman–Crippen LogP) is 2.33. The van der Waals surface area contributed by atoms with Crippen LogP contribution < -0.4 is 4.90 Å². The van der Waals surface area contributed by atoms with E-state index in [1.165, 1.54) is 28.6 Å². The van der Waals surface area contributed by atoms with Crippen molar-refractivity contribution >= 4 is 21.5 Å². The van der Waals surface area contributed by atoms with Crippen molar-refractivity contribution in [3.05, 3.63) is 52.0 Å². The summed E-state index contributed by atoms with van der Waals surface area (Å²) >= 11 is 0. The lowest BCUT2D eigenvalue weighted by atomic mass is 10.2. The SMILES string of the molecule is Cc1cc(N2CCN(S(=O)(=O)c3ccccc3[N+](=O)[O-])CC2)nc(C(C)C)n1. The van der Waals surface area contributed by atoms with Crippen molar-refractivity contribution < 1.29 is 13.3 Å². The maximum absolute atomic E-state index is 12.9. The minimum Gasteiger partial charge on any atom is -0.354 e. The van der Waals surface area contributed by atoms with Gasteiger partial charge in [0.1, 0.15) is 11.6 Å². The van der Waals surface area contributed by atoms with E-state index in [-0.39, 0.29) is 23.9 Å². The summed E-state index contributed by atoms with van der Waals surface area (Å²) in [6, 6.07) is 7.33. The van der Waals surface area contributed by atoms with Crippen LogP contribution in [0.5, 0.6) is 0 Å². The van der Waals surface area contributed by atoms with E-state index in [1.54, 1.807) is 0 Å². The molecule has 0 atom stereocenters. The Labute approximate surface area is 164 Å². The number of aryl methyl sites for hydroxylation is 1. The Morgan fingerprint density at radius 3 is 2.36 bits per heavy atom. The molecule has 0 aliphatic carbocycles. The zero-order valence-corrected chi connectivity index (χ0v) is 16.9. The van der Waals surface area contributed by atoms with E-state index < -0.39 is 20.6 Å². The fourth-order valence-corrected chi connectivity index (χ4v) is 4.70.